The summed E-state index contributed by atoms with van der Waals surface area (Å²) in [6.07, 6.45) is 4.97. The van der Waals surface area contributed by atoms with E-state index in [1.807, 2.05) is 6.07 Å². The molecule has 1 saturated carbocycles. The van der Waals surface area contributed by atoms with E-state index in [-0.39, 0.29) is 6.61 Å². The van der Waals surface area contributed by atoms with E-state index in [4.69, 9.17) is 11.6 Å². The molecule has 0 aliphatic heterocycles. The Kier molecular flexibility index (Phi) is 6.14. The van der Waals surface area contributed by atoms with Crippen LogP contribution in [0.2, 0.25) is 5.02 Å². The Morgan fingerprint density at radius 3 is 2.70 bits per heavy atom. The van der Waals surface area contributed by atoms with Crippen LogP contribution in [-0.4, -0.2) is 30.8 Å². The molecule has 20 heavy (non-hydrogen) atoms. The molecule has 4 heteroatoms. The van der Waals surface area contributed by atoms with Crippen LogP contribution in [0.15, 0.2) is 18.2 Å². The quantitative estimate of drug-likeness (QED) is 0.811. The highest BCUT2D eigenvalue weighted by molar-refractivity contribution is 6.33. The van der Waals surface area contributed by atoms with E-state index in [2.05, 4.69) is 29.3 Å². The lowest BCUT2D eigenvalue weighted by Gasteiger charge is -2.31. The number of benzene rings is 1. The smallest absolute Gasteiger partial charge is 0.0642 e. The van der Waals surface area contributed by atoms with Gasteiger partial charge in [0.25, 0.3) is 0 Å². The Hall–Kier alpha value is -0.770. The van der Waals surface area contributed by atoms with Crippen molar-refractivity contribution in [3.8, 4) is 0 Å². The lowest BCUT2D eigenvalue weighted by molar-refractivity contribution is 0.297. The van der Waals surface area contributed by atoms with Crippen molar-refractivity contribution in [2.45, 2.75) is 45.2 Å². The van der Waals surface area contributed by atoms with Gasteiger partial charge in [0.1, 0.15) is 0 Å². The van der Waals surface area contributed by atoms with E-state index in [0.717, 1.165) is 23.8 Å². The topological polar surface area (TPSA) is 35.5 Å². The second-order valence-corrected chi connectivity index (χ2v) is 5.83. The number of anilines is 1. The number of hydrogen-bond donors (Lipinski definition) is 2. The monoisotopic (exact) mass is 296 g/mol. The highest BCUT2D eigenvalue weighted by Gasteiger charge is 2.23. The van der Waals surface area contributed by atoms with E-state index in [1.54, 1.807) is 0 Å². The average molecular weight is 297 g/mol. The van der Waals surface area contributed by atoms with Crippen molar-refractivity contribution in [1.82, 2.24) is 5.32 Å². The first-order valence-corrected chi connectivity index (χ1v) is 8.00. The Morgan fingerprint density at radius 1 is 1.35 bits per heavy atom. The maximum atomic E-state index is 9.33. The highest BCUT2D eigenvalue weighted by atomic mass is 35.5. The Bertz CT molecular complexity index is 419. The SMILES string of the molecule is CCNCc1ccc(N(CCO)C2CCCC2)c(Cl)c1. The third kappa shape index (κ3) is 3.87. The lowest BCUT2D eigenvalue weighted by atomic mass is 10.1. The molecular formula is C16H25ClN2O. The molecule has 0 atom stereocenters. The molecule has 1 aromatic rings. The molecule has 0 heterocycles. The molecule has 0 saturated heterocycles. The minimum absolute atomic E-state index is 0.173. The van der Waals surface area contributed by atoms with Crippen molar-refractivity contribution < 1.29 is 5.11 Å². The first kappa shape index (κ1) is 15.6. The van der Waals surface area contributed by atoms with Crippen LogP contribution in [-0.2, 0) is 6.54 Å². The number of halogens is 1. The zero-order valence-corrected chi connectivity index (χ0v) is 13.0. The van der Waals surface area contributed by atoms with Crippen LogP contribution in [0.5, 0.6) is 0 Å². The van der Waals surface area contributed by atoms with E-state index in [9.17, 15) is 5.11 Å². The van der Waals surface area contributed by atoms with Gasteiger partial charge < -0.3 is 15.3 Å². The normalized spacial score (nSPS) is 15.8. The van der Waals surface area contributed by atoms with Crippen molar-refractivity contribution in [1.29, 1.82) is 0 Å². The molecular weight excluding hydrogens is 272 g/mol. The van der Waals surface area contributed by atoms with Crippen LogP contribution in [0.4, 0.5) is 5.69 Å². The molecule has 2 rings (SSSR count). The zero-order chi connectivity index (χ0) is 14.4. The van der Waals surface area contributed by atoms with Gasteiger partial charge in [0.05, 0.1) is 17.3 Å². The van der Waals surface area contributed by atoms with Gasteiger partial charge in [0.2, 0.25) is 0 Å². The van der Waals surface area contributed by atoms with Crippen molar-refractivity contribution in [3.63, 3.8) is 0 Å². The van der Waals surface area contributed by atoms with Crippen molar-refractivity contribution in [3.05, 3.63) is 28.8 Å². The number of nitrogens with one attached hydrogen (secondary N) is 1. The molecule has 112 valence electrons. The molecule has 0 unspecified atom stereocenters. The fourth-order valence-electron chi connectivity index (χ4n) is 2.99. The number of aliphatic hydroxyl groups is 1. The minimum atomic E-state index is 0.173. The van der Waals surface area contributed by atoms with Crippen molar-refractivity contribution >= 4 is 17.3 Å². The average Bonchev–Trinajstić information content (AvgIpc) is 2.97. The van der Waals surface area contributed by atoms with E-state index in [0.29, 0.717) is 12.6 Å². The molecule has 1 aliphatic carbocycles. The number of nitrogens with zero attached hydrogens (tertiary/aromatic N) is 1. The fourth-order valence-corrected chi connectivity index (χ4v) is 3.30. The maximum Gasteiger partial charge on any atom is 0.0642 e. The summed E-state index contributed by atoms with van der Waals surface area (Å²) < 4.78 is 0. The van der Waals surface area contributed by atoms with Gasteiger partial charge in [-0.2, -0.15) is 0 Å². The maximum absolute atomic E-state index is 9.33. The molecule has 0 aromatic heterocycles. The summed E-state index contributed by atoms with van der Waals surface area (Å²) in [4.78, 5) is 2.28. The van der Waals surface area contributed by atoms with Gasteiger partial charge in [-0.3, -0.25) is 0 Å². The standard InChI is InChI=1S/C16H25ClN2O/c1-2-18-12-13-7-8-16(15(17)11-13)19(9-10-20)14-5-3-4-6-14/h7-8,11,14,18,20H,2-6,9-10,12H2,1H3. The predicted octanol–water partition coefficient (Wildman–Crippen LogP) is 3.19. The summed E-state index contributed by atoms with van der Waals surface area (Å²) in [7, 11) is 0. The summed E-state index contributed by atoms with van der Waals surface area (Å²) in [5, 5.41) is 13.4. The zero-order valence-electron chi connectivity index (χ0n) is 12.2. The number of aliphatic hydroxyl groups excluding tert-OH is 1. The highest BCUT2D eigenvalue weighted by Crippen LogP contribution is 2.33. The van der Waals surface area contributed by atoms with Crippen LogP contribution in [0.1, 0.15) is 38.2 Å². The van der Waals surface area contributed by atoms with Crippen molar-refractivity contribution in [2.24, 2.45) is 0 Å². The molecule has 3 nitrogen and oxygen atoms in total. The fraction of sp³-hybridized carbons (Fsp3) is 0.625. The van der Waals surface area contributed by atoms with Gasteiger partial charge in [-0.15, -0.1) is 0 Å². The minimum Gasteiger partial charge on any atom is -0.395 e. The van der Waals surface area contributed by atoms with Crippen LogP contribution in [0.25, 0.3) is 0 Å². The summed E-state index contributed by atoms with van der Waals surface area (Å²) in [5.41, 5.74) is 2.27. The Balaban J connectivity index is 2.15. The Labute approximate surface area is 126 Å². The lowest BCUT2D eigenvalue weighted by Crippen LogP contribution is -2.35. The van der Waals surface area contributed by atoms with Gasteiger partial charge in [0, 0.05) is 19.1 Å². The van der Waals surface area contributed by atoms with E-state index >= 15 is 0 Å². The summed E-state index contributed by atoms with van der Waals surface area (Å²) in [6, 6.07) is 6.80. The van der Waals surface area contributed by atoms with Gasteiger partial charge in [-0.05, 0) is 37.1 Å². The first-order chi connectivity index (χ1) is 9.76. The molecule has 2 N–H and O–H groups in total. The van der Waals surface area contributed by atoms with Crippen LogP contribution in [0, 0.1) is 0 Å². The molecule has 0 spiro atoms. The molecule has 0 radical (unpaired) electrons. The predicted molar refractivity (Wildman–Crippen MR) is 85.5 cm³/mol. The largest absolute Gasteiger partial charge is 0.395 e. The van der Waals surface area contributed by atoms with Crippen molar-refractivity contribution in [2.75, 3.05) is 24.6 Å². The second kappa shape index (κ2) is 7.87. The Morgan fingerprint density at radius 2 is 2.10 bits per heavy atom. The van der Waals surface area contributed by atoms with Crippen LogP contribution in [0.3, 0.4) is 0 Å². The third-order valence-corrected chi connectivity index (χ3v) is 4.31. The first-order valence-electron chi connectivity index (χ1n) is 7.63. The molecule has 0 amide bonds. The summed E-state index contributed by atoms with van der Waals surface area (Å²) in [5.74, 6) is 0. The number of rotatable bonds is 7. The second-order valence-electron chi connectivity index (χ2n) is 5.42. The van der Waals surface area contributed by atoms with Crippen LogP contribution < -0.4 is 10.2 Å². The molecule has 1 aromatic carbocycles. The van der Waals surface area contributed by atoms with Crippen LogP contribution >= 0.6 is 11.6 Å². The van der Waals surface area contributed by atoms with E-state index in [1.165, 1.54) is 31.2 Å². The summed E-state index contributed by atoms with van der Waals surface area (Å²) in [6.45, 7) is 4.74. The third-order valence-electron chi connectivity index (χ3n) is 4.01. The molecule has 1 aliphatic rings. The van der Waals surface area contributed by atoms with Gasteiger partial charge >= 0.3 is 0 Å². The number of hydrogen-bond acceptors (Lipinski definition) is 3. The molecule has 1 fully saturated rings. The molecule has 0 bridgehead atoms. The summed E-state index contributed by atoms with van der Waals surface area (Å²) >= 11 is 6.47. The van der Waals surface area contributed by atoms with E-state index < -0.39 is 0 Å². The van der Waals surface area contributed by atoms with Gasteiger partial charge in [-0.25, -0.2) is 0 Å². The van der Waals surface area contributed by atoms with Gasteiger partial charge in [0.15, 0.2) is 0 Å². The van der Waals surface area contributed by atoms with Gasteiger partial charge in [-0.1, -0.05) is 37.4 Å².